The predicted octanol–water partition coefficient (Wildman–Crippen LogP) is 4.00. The van der Waals surface area contributed by atoms with Crippen LogP contribution in [0.5, 0.6) is 5.75 Å². The van der Waals surface area contributed by atoms with E-state index < -0.39 is 27.0 Å². The van der Waals surface area contributed by atoms with Gasteiger partial charge in [0.25, 0.3) is 0 Å². The molecule has 0 fully saturated rings. The Morgan fingerprint density at radius 1 is 1.04 bits per heavy atom. The van der Waals surface area contributed by atoms with E-state index in [9.17, 15) is 26.4 Å². The lowest BCUT2D eigenvalue weighted by molar-refractivity contribution is -0.0499. The first-order chi connectivity index (χ1) is 12.1. The molecule has 1 heterocycles. The van der Waals surface area contributed by atoms with E-state index in [2.05, 4.69) is 4.18 Å². The zero-order valence-electron chi connectivity index (χ0n) is 13.2. The Kier molecular flexibility index (Phi) is 4.27. The second kappa shape index (κ2) is 6.17. The number of alkyl halides is 3. The van der Waals surface area contributed by atoms with Crippen molar-refractivity contribution in [3.63, 3.8) is 0 Å². The molecule has 0 spiro atoms. The SMILES string of the molecule is Cc1cc(=O)oc2cc(-c3ccccc3)c(OS(=O)(=O)C(F)(F)F)cc12. The summed E-state index contributed by atoms with van der Waals surface area (Å²) in [5, 5.41) is 0.261. The van der Waals surface area contributed by atoms with E-state index >= 15 is 0 Å². The summed E-state index contributed by atoms with van der Waals surface area (Å²) in [6, 6.07) is 11.6. The van der Waals surface area contributed by atoms with Crippen LogP contribution in [0.2, 0.25) is 0 Å². The van der Waals surface area contributed by atoms with Crippen LogP contribution in [0.1, 0.15) is 5.56 Å². The molecule has 3 aromatic rings. The first-order valence-electron chi connectivity index (χ1n) is 7.23. The Balaban J connectivity index is 2.30. The van der Waals surface area contributed by atoms with Crippen molar-refractivity contribution >= 4 is 21.1 Å². The van der Waals surface area contributed by atoms with Crippen LogP contribution in [0.15, 0.2) is 57.7 Å². The molecule has 0 saturated heterocycles. The van der Waals surface area contributed by atoms with Crippen LogP contribution in [-0.4, -0.2) is 13.9 Å². The fourth-order valence-electron chi connectivity index (χ4n) is 2.42. The molecule has 0 aliphatic rings. The molecule has 5 nitrogen and oxygen atoms in total. The number of hydrogen-bond donors (Lipinski definition) is 0. The van der Waals surface area contributed by atoms with Crippen LogP contribution >= 0.6 is 0 Å². The lowest BCUT2D eigenvalue weighted by atomic mass is 10.0. The quantitative estimate of drug-likeness (QED) is 0.388. The van der Waals surface area contributed by atoms with Gasteiger partial charge >= 0.3 is 21.3 Å². The third-order valence-corrected chi connectivity index (χ3v) is 4.59. The van der Waals surface area contributed by atoms with E-state index in [0.717, 1.165) is 12.1 Å². The summed E-state index contributed by atoms with van der Waals surface area (Å²) in [5.41, 5.74) is -5.26. The molecule has 3 rings (SSSR count). The maximum atomic E-state index is 12.7. The molecule has 0 radical (unpaired) electrons. The molecule has 9 heteroatoms. The monoisotopic (exact) mass is 384 g/mol. The summed E-state index contributed by atoms with van der Waals surface area (Å²) >= 11 is 0. The van der Waals surface area contributed by atoms with Crippen molar-refractivity contribution in [1.82, 2.24) is 0 Å². The molecule has 0 aliphatic heterocycles. The number of benzene rings is 2. The number of hydrogen-bond acceptors (Lipinski definition) is 5. The van der Waals surface area contributed by atoms with E-state index in [-0.39, 0.29) is 16.5 Å². The van der Waals surface area contributed by atoms with Gasteiger partial charge in [0.05, 0.1) is 0 Å². The summed E-state index contributed by atoms with van der Waals surface area (Å²) in [7, 11) is -5.86. The van der Waals surface area contributed by atoms with Crippen LogP contribution in [0.25, 0.3) is 22.1 Å². The highest BCUT2D eigenvalue weighted by molar-refractivity contribution is 7.88. The minimum absolute atomic E-state index is 0.0414. The van der Waals surface area contributed by atoms with Gasteiger partial charge in [-0.25, -0.2) is 4.79 Å². The third-order valence-electron chi connectivity index (χ3n) is 3.62. The van der Waals surface area contributed by atoms with Crippen molar-refractivity contribution in [2.75, 3.05) is 0 Å². The summed E-state index contributed by atoms with van der Waals surface area (Å²) in [4.78, 5) is 11.6. The first kappa shape index (κ1) is 18.0. The molecular weight excluding hydrogens is 373 g/mol. The molecule has 26 heavy (non-hydrogen) atoms. The largest absolute Gasteiger partial charge is 0.534 e. The third kappa shape index (κ3) is 3.30. The van der Waals surface area contributed by atoms with Gasteiger partial charge in [0.2, 0.25) is 0 Å². The highest BCUT2D eigenvalue weighted by Gasteiger charge is 2.48. The van der Waals surface area contributed by atoms with Crippen molar-refractivity contribution < 1.29 is 30.2 Å². The standard InChI is InChI=1S/C17H11F3O5S/c1-10-7-16(21)24-14-9-13(11-5-3-2-4-6-11)15(8-12(10)14)25-26(22,23)17(18,19)20/h2-9H,1H3. The van der Waals surface area contributed by atoms with Crippen molar-refractivity contribution in [3.05, 3.63) is 64.5 Å². The van der Waals surface area contributed by atoms with Crippen molar-refractivity contribution in [3.8, 4) is 16.9 Å². The Hall–Kier alpha value is -2.81. The summed E-state index contributed by atoms with van der Waals surface area (Å²) < 4.78 is 70.5. The highest BCUT2D eigenvalue weighted by Crippen LogP contribution is 2.37. The van der Waals surface area contributed by atoms with Crippen molar-refractivity contribution in [1.29, 1.82) is 0 Å². The van der Waals surface area contributed by atoms with Gasteiger partial charge in [-0.3, -0.25) is 0 Å². The van der Waals surface area contributed by atoms with Crippen LogP contribution < -0.4 is 9.81 Å². The predicted molar refractivity (Wildman–Crippen MR) is 88.3 cm³/mol. The van der Waals surface area contributed by atoms with Gasteiger partial charge in [0.1, 0.15) is 5.58 Å². The normalized spacial score (nSPS) is 12.3. The highest BCUT2D eigenvalue weighted by atomic mass is 32.2. The Morgan fingerprint density at radius 2 is 1.69 bits per heavy atom. The Morgan fingerprint density at radius 3 is 2.31 bits per heavy atom. The molecule has 0 N–H and O–H groups in total. The molecule has 0 saturated carbocycles. The van der Waals surface area contributed by atoms with Gasteiger partial charge in [0.15, 0.2) is 5.75 Å². The van der Waals surface area contributed by atoms with Crippen molar-refractivity contribution in [2.24, 2.45) is 0 Å². The van der Waals surface area contributed by atoms with Crippen LogP contribution in [0.3, 0.4) is 0 Å². The van der Waals surface area contributed by atoms with E-state index in [1.165, 1.54) is 6.07 Å². The molecular formula is C17H11F3O5S. The van der Waals surface area contributed by atoms with Gasteiger partial charge in [0, 0.05) is 17.0 Å². The van der Waals surface area contributed by atoms with E-state index in [1.807, 2.05) is 0 Å². The number of halogens is 3. The zero-order chi connectivity index (χ0) is 19.1. The van der Waals surface area contributed by atoms with Crippen LogP contribution in [0, 0.1) is 6.92 Å². The lowest BCUT2D eigenvalue weighted by Gasteiger charge is -2.14. The Labute approximate surface area is 145 Å². The van der Waals surface area contributed by atoms with Crippen LogP contribution in [-0.2, 0) is 10.1 Å². The second-order valence-electron chi connectivity index (χ2n) is 5.44. The average Bonchev–Trinajstić information content (AvgIpc) is 2.54. The smallest absolute Gasteiger partial charge is 0.423 e. The molecule has 2 aromatic carbocycles. The maximum absolute atomic E-state index is 12.7. The molecule has 0 bridgehead atoms. The summed E-state index contributed by atoms with van der Waals surface area (Å²) in [5.74, 6) is -0.516. The second-order valence-corrected chi connectivity index (χ2v) is 6.98. The summed E-state index contributed by atoms with van der Waals surface area (Å²) in [6.45, 7) is 1.55. The molecule has 136 valence electrons. The minimum atomic E-state index is -5.86. The first-order valence-corrected chi connectivity index (χ1v) is 8.64. The lowest BCUT2D eigenvalue weighted by Crippen LogP contribution is -2.28. The van der Waals surface area contributed by atoms with Gasteiger partial charge in [-0.1, -0.05) is 30.3 Å². The van der Waals surface area contributed by atoms with Gasteiger partial charge in [-0.15, -0.1) is 0 Å². The number of aryl methyl sites for hydroxylation is 1. The fourth-order valence-corrected chi connectivity index (χ4v) is 2.89. The zero-order valence-corrected chi connectivity index (χ0v) is 14.0. The number of fused-ring (bicyclic) bond motifs is 1. The van der Waals surface area contributed by atoms with Crippen molar-refractivity contribution in [2.45, 2.75) is 12.4 Å². The Bertz CT molecular complexity index is 1130. The fraction of sp³-hybridized carbons (Fsp3) is 0.118. The molecule has 0 amide bonds. The number of rotatable bonds is 3. The molecule has 1 aromatic heterocycles. The van der Waals surface area contributed by atoms with Gasteiger partial charge in [-0.05, 0) is 30.2 Å². The topological polar surface area (TPSA) is 73.6 Å². The summed E-state index contributed by atoms with van der Waals surface area (Å²) in [6.07, 6.45) is 0. The van der Waals surface area contributed by atoms with Crippen LogP contribution in [0.4, 0.5) is 13.2 Å². The average molecular weight is 384 g/mol. The minimum Gasteiger partial charge on any atom is -0.423 e. The molecule has 0 aliphatic carbocycles. The van der Waals surface area contributed by atoms with Gasteiger partial charge in [-0.2, -0.15) is 21.6 Å². The maximum Gasteiger partial charge on any atom is 0.534 e. The van der Waals surface area contributed by atoms with E-state index in [0.29, 0.717) is 11.1 Å². The van der Waals surface area contributed by atoms with Gasteiger partial charge < -0.3 is 8.60 Å². The molecule has 0 atom stereocenters. The molecule has 0 unspecified atom stereocenters. The van der Waals surface area contributed by atoms with E-state index in [4.69, 9.17) is 4.42 Å². The van der Waals surface area contributed by atoms with E-state index in [1.54, 1.807) is 37.3 Å².